The number of nitrogens with one attached hydrogen (secondary N) is 1. The van der Waals surface area contributed by atoms with Gasteiger partial charge in [-0.1, -0.05) is 25.0 Å². The van der Waals surface area contributed by atoms with Crippen LogP contribution in [0, 0.1) is 11.7 Å². The lowest BCUT2D eigenvalue weighted by atomic mass is 10.0. The van der Waals surface area contributed by atoms with Crippen molar-refractivity contribution in [2.75, 3.05) is 19.6 Å². The third-order valence-electron chi connectivity index (χ3n) is 5.01. The molecule has 2 fully saturated rings. The molecule has 3 nitrogen and oxygen atoms in total. The minimum absolute atomic E-state index is 0.147. The molecule has 2 aliphatic rings. The van der Waals surface area contributed by atoms with Crippen molar-refractivity contribution in [1.29, 1.82) is 0 Å². The first-order valence-corrected chi connectivity index (χ1v) is 8.49. The highest BCUT2D eigenvalue weighted by atomic mass is 19.1. The molecule has 1 saturated heterocycles. The van der Waals surface area contributed by atoms with Crippen LogP contribution >= 0.6 is 0 Å². The topological polar surface area (TPSA) is 32.3 Å². The third-order valence-corrected chi connectivity index (χ3v) is 5.01. The Balaban J connectivity index is 1.65. The molecule has 1 aliphatic heterocycles. The van der Waals surface area contributed by atoms with Gasteiger partial charge >= 0.3 is 0 Å². The Hall–Kier alpha value is -1.42. The Morgan fingerprint density at radius 2 is 1.91 bits per heavy atom. The van der Waals surface area contributed by atoms with E-state index in [0.717, 1.165) is 50.9 Å². The number of halogens is 1. The van der Waals surface area contributed by atoms with Crippen LogP contribution in [0.4, 0.5) is 4.39 Å². The van der Waals surface area contributed by atoms with Crippen LogP contribution in [-0.2, 0) is 11.2 Å². The van der Waals surface area contributed by atoms with Crippen molar-refractivity contribution in [2.24, 2.45) is 5.92 Å². The smallest absolute Gasteiger partial charge is 0.227 e. The predicted octanol–water partition coefficient (Wildman–Crippen LogP) is 2.75. The fourth-order valence-electron chi connectivity index (χ4n) is 3.69. The van der Waals surface area contributed by atoms with Gasteiger partial charge in [0.2, 0.25) is 5.91 Å². The molecule has 0 bridgehead atoms. The van der Waals surface area contributed by atoms with Crippen LogP contribution in [0.5, 0.6) is 0 Å². The van der Waals surface area contributed by atoms with Crippen LogP contribution in [0.2, 0.25) is 0 Å². The average Bonchev–Trinajstić information content (AvgIpc) is 3.22. The van der Waals surface area contributed by atoms with E-state index in [1.165, 1.54) is 25.0 Å². The maximum absolute atomic E-state index is 13.0. The van der Waals surface area contributed by atoms with Gasteiger partial charge in [0.15, 0.2) is 0 Å². The highest BCUT2D eigenvalue weighted by Crippen LogP contribution is 2.26. The predicted molar refractivity (Wildman–Crippen MR) is 85.0 cm³/mol. The first kappa shape index (κ1) is 15.5. The van der Waals surface area contributed by atoms with Gasteiger partial charge in [0, 0.05) is 19.1 Å². The Bertz CT molecular complexity index is 490. The molecular weight excluding hydrogens is 279 g/mol. The van der Waals surface area contributed by atoms with Gasteiger partial charge in [-0.25, -0.2) is 4.39 Å². The summed E-state index contributed by atoms with van der Waals surface area (Å²) in [4.78, 5) is 15.0. The number of carbonyl (C=O) groups excluding carboxylic acids is 1. The van der Waals surface area contributed by atoms with Gasteiger partial charge < -0.3 is 10.2 Å². The Morgan fingerprint density at radius 3 is 2.55 bits per heavy atom. The van der Waals surface area contributed by atoms with Crippen molar-refractivity contribution >= 4 is 5.91 Å². The van der Waals surface area contributed by atoms with Crippen LogP contribution in [0.3, 0.4) is 0 Å². The van der Waals surface area contributed by atoms with E-state index in [4.69, 9.17) is 0 Å². The molecule has 1 aromatic carbocycles. The van der Waals surface area contributed by atoms with Gasteiger partial charge in [-0.05, 0) is 49.9 Å². The molecule has 0 spiro atoms. The van der Waals surface area contributed by atoms with Crippen LogP contribution in [0.1, 0.15) is 37.7 Å². The van der Waals surface area contributed by atoms with E-state index < -0.39 is 0 Å². The van der Waals surface area contributed by atoms with Gasteiger partial charge in [0.05, 0.1) is 5.92 Å². The first-order chi connectivity index (χ1) is 10.7. The Morgan fingerprint density at radius 1 is 1.18 bits per heavy atom. The largest absolute Gasteiger partial charge is 0.339 e. The van der Waals surface area contributed by atoms with Crippen molar-refractivity contribution in [2.45, 2.75) is 44.6 Å². The maximum atomic E-state index is 13.0. The van der Waals surface area contributed by atoms with Crippen LogP contribution in [0.25, 0.3) is 0 Å². The van der Waals surface area contributed by atoms with E-state index in [9.17, 15) is 9.18 Å². The van der Waals surface area contributed by atoms with Crippen molar-refractivity contribution < 1.29 is 9.18 Å². The van der Waals surface area contributed by atoms with Gasteiger partial charge in [-0.3, -0.25) is 4.79 Å². The second-order valence-corrected chi connectivity index (χ2v) is 6.54. The van der Waals surface area contributed by atoms with Crippen molar-refractivity contribution in [3.8, 4) is 0 Å². The number of rotatable bonds is 5. The Labute approximate surface area is 131 Å². The van der Waals surface area contributed by atoms with Crippen molar-refractivity contribution in [3.63, 3.8) is 0 Å². The summed E-state index contributed by atoms with van der Waals surface area (Å²) in [6.07, 6.45) is 6.49. The summed E-state index contributed by atoms with van der Waals surface area (Å²) in [6, 6.07) is 7.05. The van der Waals surface area contributed by atoms with Crippen molar-refractivity contribution in [3.05, 3.63) is 35.6 Å². The SMILES string of the molecule is O=C(C1CCNC1)N(CCc1ccc(F)cc1)C1CCCC1. The molecule has 4 heteroatoms. The number of hydrogen-bond acceptors (Lipinski definition) is 2. The van der Waals surface area contributed by atoms with Crippen molar-refractivity contribution in [1.82, 2.24) is 10.2 Å². The summed E-state index contributed by atoms with van der Waals surface area (Å²) >= 11 is 0. The zero-order chi connectivity index (χ0) is 15.4. The lowest BCUT2D eigenvalue weighted by molar-refractivity contribution is -0.137. The van der Waals surface area contributed by atoms with E-state index >= 15 is 0 Å². The number of hydrogen-bond donors (Lipinski definition) is 1. The standard InChI is InChI=1S/C18H25FN2O/c19-16-7-5-14(6-8-16)10-12-21(17-3-1-2-4-17)18(22)15-9-11-20-13-15/h5-8,15,17,20H,1-4,9-13H2. The van der Waals surface area contributed by atoms with E-state index in [1.54, 1.807) is 0 Å². The summed E-state index contributed by atoms with van der Waals surface area (Å²) < 4.78 is 13.0. The molecule has 0 radical (unpaired) electrons. The monoisotopic (exact) mass is 304 g/mol. The molecule has 1 saturated carbocycles. The molecule has 1 aliphatic carbocycles. The molecule has 120 valence electrons. The molecule has 1 unspecified atom stereocenters. The molecule has 22 heavy (non-hydrogen) atoms. The lowest BCUT2D eigenvalue weighted by Gasteiger charge is -2.31. The quantitative estimate of drug-likeness (QED) is 0.907. The fourth-order valence-corrected chi connectivity index (χ4v) is 3.69. The number of carbonyl (C=O) groups is 1. The van der Waals surface area contributed by atoms with Gasteiger partial charge in [0.25, 0.3) is 0 Å². The van der Waals surface area contributed by atoms with Crippen LogP contribution in [-0.4, -0.2) is 36.5 Å². The highest BCUT2D eigenvalue weighted by Gasteiger charge is 2.32. The average molecular weight is 304 g/mol. The van der Waals surface area contributed by atoms with Crippen LogP contribution < -0.4 is 5.32 Å². The summed E-state index contributed by atoms with van der Waals surface area (Å²) in [7, 11) is 0. The van der Waals surface area contributed by atoms with E-state index in [2.05, 4.69) is 10.2 Å². The summed E-state index contributed by atoms with van der Waals surface area (Å²) in [5, 5.41) is 3.29. The molecule has 1 atom stereocenters. The zero-order valence-electron chi connectivity index (χ0n) is 13.1. The number of benzene rings is 1. The second-order valence-electron chi connectivity index (χ2n) is 6.54. The number of amides is 1. The molecule has 1 amide bonds. The molecular formula is C18H25FN2O. The van der Waals surface area contributed by atoms with Gasteiger partial charge in [-0.2, -0.15) is 0 Å². The maximum Gasteiger partial charge on any atom is 0.227 e. The number of nitrogens with zero attached hydrogens (tertiary/aromatic N) is 1. The normalized spacial score (nSPS) is 22.1. The summed E-state index contributed by atoms with van der Waals surface area (Å²) in [6.45, 7) is 2.52. The summed E-state index contributed by atoms with van der Waals surface area (Å²) in [5.74, 6) is 0.261. The van der Waals surface area contributed by atoms with Gasteiger partial charge in [0.1, 0.15) is 5.82 Å². The van der Waals surface area contributed by atoms with E-state index in [0.29, 0.717) is 11.9 Å². The van der Waals surface area contributed by atoms with Gasteiger partial charge in [-0.15, -0.1) is 0 Å². The Kier molecular flexibility index (Phi) is 5.08. The molecule has 1 aromatic rings. The zero-order valence-corrected chi connectivity index (χ0v) is 13.1. The van der Waals surface area contributed by atoms with E-state index in [-0.39, 0.29) is 11.7 Å². The molecule has 3 rings (SSSR count). The molecule has 0 aromatic heterocycles. The fraction of sp³-hybridized carbons (Fsp3) is 0.611. The highest BCUT2D eigenvalue weighted by molar-refractivity contribution is 5.79. The minimum atomic E-state index is -0.204. The second kappa shape index (κ2) is 7.23. The molecule has 1 heterocycles. The first-order valence-electron chi connectivity index (χ1n) is 8.49. The third kappa shape index (κ3) is 3.67. The summed E-state index contributed by atoms with van der Waals surface area (Å²) in [5.41, 5.74) is 1.10. The minimum Gasteiger partial charge on any atom is -0.339 e. The van der Waals surface area contributed by atoms with E-state index in [1.807, 2.05) is 12.1 Å². The van der Waals surface area contributed by atoms with Crippen LogP contribution in [0.15, 0.2) is 24.3 Å². The molecule has 1 N–H and O–H groups in total. The lowest BCUT2D eigenvalue weighted by Crippen LogP contribution is -2.44.